The molecule has 194 valence electrons. The first kappa shape index (κ1) is 25.4. The highest BCUT2D eigenvalue weighted by Gasteiger charge is 2.24. The fourth-order valence-electron chi connectivity index (χ4n) is 4.97. The summed E-state index contributed by atoms with van der Waals surface area (Å²) in [5, 5.41) is 12.0. The lowest BCUT2D eigenvalue weighted by Gasteiger charge is -2.17. The molecule has 1 atom stereocenters. The Morgan fingerprint density at radius 2 is 1.02 bits per heavy atom. The summed E-state index contributed by atoms with van der Waals surface area (Å²) in [5.41, 5.74) is 6.82. The van der Waals surface area contributed by atoms with E-state index in [1.165, 1.54) is 6.07 Å². The van der Waals surface area contributed by atoms with E-state index in [0.29, 0.717) is 38.4 Å². The Morgan fingerprint density at radius 1 is 0.575 bits per heavy atom. The molecule has 0 aliphatic rings. The Morgan fingerprint density at radius 3 is 1.55 bits per heavy atom. The molecule has 1 heterocycles. The van der Waals surface area contributed by atoms with Crippen molar-refractivity contribution in [2.45, 2.75) is 4.90 Å². The monoisotopic (exact) mass is 541 g/mol. The van der Waals surface area contributed by atoms with Crippen LogP contribution in [0.15, 0.2) is 126 Å². The number of aromatic nitrogens is 2. The zero-order valence-corrected chi connectivity index (χ0v) is 22.3. The van der Waals surface area contributed by atoms with Crippen molar-refractivity contribution in [1.82, 2.24) is 9.97 Å². The molecular weight excluding hydrogens is 518 g/mol. The smallest absolute Gasteiger partial charge is 0.277 e. The van der Waals surface area contributed by atoms with Crippen molar-refractivity contribution in [3.05, 3.63) is 131 Å². The Labute approximate surface area is 234 Å². The van der Waals surface area contributed by atoms with Crippen LogP contribution in [-0.2, 0) is 11.2 Å². The second-order valence-corrected chi connectivity index (χ2v) is 10.6. The van der Waals surface area contributed by atoms with Crippen molar-refractivity contribution >= 4 is 27.9 Å². The molecule has 0 aliphatic heterocycles. The third-order valence-electron chi connectivity index (χ3n) is 6.80. The Balaban J connectivity index is 1.77. The predicted octanol–water partition coefficient (Wildman–Crippen LogP) is 7.94. The van der Waals surface area contributed by atoms with Crippen LogP contribution in [0.1, 0.15) is 0 Å². The lowest BCUT2D eigenvalue weighted by atomic mass is 9.95. The molecule has 0 amide bonds. The molecule has 6 nitrogen and oxygen atoms in total. The highest BCUT2D eigenvalue weighted by molar-refractivity contribution is 7.90. The number of nitrogens with zero attached hydrogens (tertiary/aromatic N) is 3. The summed E-state index contributed by atoms with van der Waals surface area (Å²) >= 11 is -1.25. The van der Waals surface area contributed by atoms with Crippen LogP contribution in [-0.4, -0.2) is 25.7 Å². The van der Waals surface area contributed by atoms with Gasteiger partial charge >= 0.3 is 0 Å². The molecule has 6 rings (SSSR count). The molecule has 0 radical (unpaired) electrons. The number of benzene rings is 5. The highest BCUT2D eigenvalue weighted by atomic mass is 32.2. The normalized spacial score (nSPS) is 11.8. The number of nitro benzene ring substituents is 1. The van der Waals surface area contributed by atoms with E-state index in [9.17, 15) is 14.7 Å². The van der Waals surface area contributed by atoms with Crippen LogP contribution in [0.5, 0.6) is 0 Å². The Bertz CT molecular complexity index is 1860. The second-order valence-electron chi connectivity index (χ2n) is 9.24. The molecule has 5 aromatic carbocycles. The summed E-state index contributed by atoms with van der Waals surface area (Å²) < 4.78 is 12.7. The average Bonchev–Trinajstić information content (AvgIpc) is 3.00. The fourth-order valence-corrected chi connectivity index (χ4v) is 5.72. The number of hydrogen-bond acceptors (Lipinski definition) is 5. The standard InChI is InChI=1S/C33H23N3O3S/c1-40(39)29-19-11-9-17-25(29)27-21-20-26(24-16-8-10-18-28(24)36(37)38)32-33(27)35-31(23-14-6-3-7-15-23)30(34-32)22-12-4-2-5-13-22/h2-21H,1H3. The van der Waals surface area contributed by atoms with Gasteiger partial charge in [-0.3, -0.25) is 10.1 Å². The van der Waals surface area contributed by atoms with Gasteiger partial charge in [-0.2, -0.15) is 0 Å². The molecule has 40 heavy (non-hydrogen) atoms. The summed E-state index contributed by atoms with van der Waals surface area (Å²) in [4.78, 5) is 22.7. The molecule has 0 aliphatic carbocycles. The van der Waals surface area contributed by atoms with E-state index in [4.69, 9.17) is 9.97 Å². The first-order chi connectivity index (χ1) is 19.5. The molecule has 6 aromatic rings. The minimum Gasteiger partial charge on any atom is -0.612 e. The van der Waals surface area contributed by atoms with E-state index in [1.807, 2.05) is 97.1 Å². The average molecular weight is 542 g/mol. The summed E-state index contributed by atoms with van der Waals surface area (Å²) in [6, 6.07) is 37.6. The summed E-state index contributed by atoms with van der Waals surface area (Å²) in [6.07, 6.45) is 1.65. The van der Waals surface area contributed by atoms with Gasteiger partial charge in [0.05, 0.1) is 32.9 Å². The van der Waals surface area contributed by atoms with Crippen LogP contribution < -0.4 is 0 Å². The van der Waals surface area contributed by atoms with E-state index in [1.54, 1.807) is 24.5 Å². The molecule has 1 aromatic heterocycles. The van der Waals surface area contributed by atoms with Gasteiger partial charge in [0.1, 0.15) is 6.26 Å². The number of hydrogen-bond donors (Lipinski definition) is 0. The van der Waals surface area contributed by atoms with Gasteiger partial charge in [-0.25, -0.2) is 9.97 Å². The van der Waals surface area contributed by atoms with Crippen molar-refractivity contribution in [2.24, 2.45) is 0 Å². The molecule has 0 bridgehead atoms. The van der Waals surface area contributed by atoms with Crippen molar-refractivity contribution in [2.75, 3.05) is 6.26 Å². The third kappa shape index (κ3) is 4.62. The van der Waals surface area contributed by atoms with Gasteiger partial charge in [0.25, 0.3) is 5.69 Å². The molecule has 7 heteroatoms. The number of nitro groups is 1. The van der Waals surface area contributed by atoms with Gasteiger partial charge in [-0.15, -0.1) is 0 Å². The van der Waals surface area contributed by atoms with Gasteiger partial charge in [-0.1, -0.05) is 97.1 Å². The summed E-state index contributed by atoms with van der Waals surface area (Å²) in [7, 11) is 0. The van der Waals surface area contributed by atoms with Gasteiger partial charge in [0.15, 0.2) is 4.90 Å². The fraction of sp³-hybridized carbons (Fsp3) is 0.0303. The van der Waals surface area contributed by atoms with Crippen molar-refractivity contribution in [3.8, 4) is 44.8 Å². The topological polar surface area (TPSA) is 92.0 Å². The first-order valence-corrected chi connectivity index (χ1v) is 14.2. The van der Waals surface area contributed by atoms with E-state index < -0.39 is 11.2 Å². The molecule has 0 saturated carbocycles. The highest BCUT2D eigenvalue weighted by Crippen LogP contribution is 2.41. The van der Waals surface area contributed by atoms with Crippen LogP contribution in [0.2, 0.25) is 0 Å². The quantitative estimate of drug-likeness (QED) is 0.121. The van der Waals surface area contributed by atoms with Crippen LogP contribution in [0.4, 0.5) is 5.69 Å². The van der Waals surface area contributed by atoms with E-state index >= 15 is 0 Å². The van der Waals surface area contributed by atoms with Gasteiger partial charge in [0, 0.05) is 33.9 Å². The Kier molecular flexibility index (Phi) is 6.82. The largest absolute Gasteiger partial charge is 0.612 e. The molecule has 0 N–H and O–H groups in total. The van der Waals surface area contributed by atoms with Gasteiger partial charge < -0.3 is 4.55 Å². The first-order valence-electron chi connectivity index (χ1n) is 12.6. The lowest BCUT2D eigenvalue weighted by molar-refractivity contribution is -0.384. The van der Waals surface area contributed by atoms with Crippen molar-refractivity contribution in [3.63, 3.8) is 0 Å². The van der Waals surface area contributed by atoms with Crippen LogP contribution in [0, 0.1) is 10.1 Å². The van der Waals surface area contributed by atoms with E-state index in [-0.39, 0.29) is 10.6 Å². The maximum Gasteiger partial charge on any atom is 0.277 e. The zero-order chi connectivity index (χ0) is 27.6. The molecule has 0 fully saturated rings. The van der Waals surface area contributed by atoms with Gasteiger partial charge in [0.2, 0.25) is 0 Å². The SMILES string of the molecule is C[S+]([O-])c1ccccc1-c1ccc(-c2ccccc2[N+](=O)[O-])c2nc(-c3ccccc3)c(-c3ccccc3)nc12. The van der Waals surface area contributed by atoms with E-state index in [0.717, 1.165) is 22.3 Å². The molecular formula is C33H23N3O3S. The predicted molar refractivity (Wildman–Crippen MR) is 160 cm³/mol. The van der Waals surface area contributed by atoms with Gasteiger partial charge in [-0.05, 0) is 29.4 Å². The third-order valence-corrected chi connectivity index (χ3v) is 7.77. The summed E-state index contributed by atoms with van der Waals surface area (Å²) in [6.45, 7) is 0. The number of para-hydroxylation sites is 1. The molecule has 1 unspecified atom stereocenters. The Hall–Kier alpha value is -4.85. The van der Waals surface area contributed by atoms with Crippen LogP contribution in [0.25, 0.3) is 55.8 Å². The zero-order valence-electron chi connectivity index (χ0n) is 21.5. The lowest BCUT2D eigenvalue weighted by Crippen LogP contribution is -2.03. The number of rotatable bonds is 6. The molecule has 0 saturated heterocycles. The summed E-state index contributed by atoms with van der Waals surface area (Å²) in [5.74, 6) is 0. The second kappa shape index (κ2) is 10.7. The minimum atomic E-state index is -1.25. The van der Waals surface area contributed by atoms with Crippen LogP contribution >= 0.6 is 0 Å². The molecule has 0 spiro atoms. The van der Waals surface area contributed by atoms with Crippen molar-refractivity contribution < 1.29 is 9.48 Å². The van der Waals surface area contributed by atoms with Crippen LogP contribution in [0.3, 0.4) is 0 Å². The van der Waals surface area contributed by atoms with Crippen molar-refractivity contribution in [1.29, 1.82) is 0 Å². The number of fused-ring (bicyclic) bond motifs is 1. The minimum absolute atomic E-state index is 0.0122. The van der Waals surface area contributed by atoms with E-state index in [2.05, 4.69) is 0 Å². The maximum atomic E-state index is 12.7. The maximum absolute atomic E-state index is 12.7.